The number of hydrogen-bond donors (Lipinski definition) is 0. The predicted molar refractivity (Wildman–Crippen MR) is 67.4 cm³/mol. The summed E-state index contributed by atoms with van der Waals surface area (Å²) in [6.45, 7) is 0. The van der Waals surface area contributed by atoms with Gasteiger partial charge in [-0.15, -0.1) is 0 Å². The summed E-state index contributed by atoms with van der Waals surface area (Å²) in [5.74, 6) is 0. The molecule has 0 fully saturated rings. The van der Waals surface area contributed by atoms with Gasteiger partial charge in [0, 0.05) is 15.7 Å². The summed E-state index contributed by atoms with van der Waals surface area (Å²) in [5, 5.41) is 1.16. The van der Waals surface area contributed by atoms with E-state index in [-0.39, 0.29) is 0 Å². The zero-order valence-corrected chi connectivity index (χ0v) is 10.6. The van der Waals surface area contributed by atoms with Crippen LogP contribution in [-0.2, 0) is 0 Å². The number of aromatic nitrogens is 1. The second-order valence-electron chi connectivity index (χ2n) is 3.03. The molecule has 0 saturated heterocycles. The maximum Gasteiger partial charge on any atom is 0.129 e. The van der Waals surface area contributed by atoms with Gasteiger partial charge in [-0.05, 0) is 41.5 Å². The summed E-state index contributed by atoms with van der Waals surface area (Å²) >= 11 is 15.2. The largest absolute Gasteiger partial charge is 0.245 e. The lowest BCUT2D eigenvalue weighted by molar-refractivity contribution is 1.33. The maximum absolute atomic E-state index is 5.96. The molecule has 0 N–H and O–H groups in total. The summed E-state index contributed by atoms with van der Waals surface area (Å²) in [6, 6.07) is 9.41. The Labute approximate surface area is 106 Å². The van der Waals surface area contributed by atoms with Gasteiger partial charge in [-0.1, -0.05) is 39.1 Å². The monoisotopic (exact) mass is 301 g/mol. The average molecular weight is 303 g/mol. The van der Waals surface area contributed by atoms with Crippen LogP contribution >= 0.6 is 39.1 Å². The topological polar surface area (TPSA) is 12.9 Å². The lowest BCUT2D eigenvalue weighted by Crippen LogP contribution is -1.80. The van der Waals surface area contributed by atoms with Crippen LogP contribution in [0.5, 0.6) is 0 Å². The number of halogens is 3. The zero-order chi connectivity index (χ0) is 10.8. The van der Waals surface area contributed by atoms with Crippen molar-refractivity contribution in [1.82, 2.24) is 4.98 Å². The minimum absolute atomic E-state index is 0.476. The molecule has 76 valence electrons. The molecule has 1 heterocycles. The Bertz CT molecular complexity index is 479. The lowest BCUT2D eigenvalue weighted by Gasteiger charge is -2.03. The Hall–Kier alpha value is -0.570. The first-order valence-corrected chi connectivity index (χ1v) is 5.78. The summed E-state index contributed by atoms with van der Waals surface area (Å²) in [6.07, 6.45) is 1.67. The molecular formula is C11H6BrCl2N. The van der Waals surface area contributed by atoms with Gasteiger partial charge in [-0.3, -0.25) is 0 Å². The van der Waals surface area contributed by atoms with Gasteiger partial charge in [0.2, 0.25) is 0 Å². The van der Waals surface area contributed by atoms with Crippen molar-refractivity contribution in [1.29, 1.82) is 0 Å². The smallest absolute Gasteiger partial charge is 0.129 e. The fraction of sp³-hybridized carbons (Fsp3) is 0. The third-order valence-electron chi connectivity index (χ3n) is 1.92. The van der Waals surface area contributed by atoms with Crippen LogP contribution in [0.25, 0.3) is 11.1 Å². The van der Waals surface area contributed by atoms with Crippen molar-refractivity contribution in [2.45, 2.75) is 0 Å². The standard InChI is InChI=1S/C11H6BrCl2N/c12-9-3-8(4-10(13)6-9)7-1-2-15-11(14)5-7/h1-6H. The molecule has 0 spiro atoms. The first-order valence-electron chi connectivity index (χ1n) is 4.23. The van der Waals surface area contributed by atoms with Crippen LogP contribution in [0.1, 0.15) is 0 Å². The van der Waals surface area contributed by atoms with Crippen LogP contribution in [0, 0.1) is 0 Å². The molecule has 0 bridgehead atoms. The average Bonchev–Trinajstić information content (AvgIpc) is 2.16. The highest BCUT2D eigenvalue weighted by atomic mass is 79.9. The molecule has 0 aliphatic rings. The van der Waals surface area contributed by atoms with Crippen LogP contribution in [0.15, 0.2) is 41.0 Å². The zero-order valence-electron chi connectivity index (χ0n) is 7.55. The van der Waals surface area contributed by atoms with Gasteiger partial charge in [-0.25, -0.2) is 4.98 Å². The van der Waals surface area contributed by atoms with E-state index < -0.39 is 0 Å². The molecule has 0 radical (unpaired) electrons. The number of rotatable bonds is 1. The van der Waals surface area contributed by atoms with Crippen molar-refractivity contribution >= 4 is 39.1 Å². The van der Waals surface area contributed by atoms with Gasteiger partial charge in [0.05, 0.1) is 0 Å². The number of benzene rings is 1. The van der Waals surface area contributed by atoms with E-state index in [2.05, 4.69) is 20.9 Å². The molecule has 0 atom stereocenters. The Balaban J connectivity index is 2.54. The second kappa shape index (κ2) is 4.52. The SMILES string of the molecule is Clc1cc(Br)cc(-c2ccnc(Cl)c2)c1. The minimum atomic E-state index is 0.476. The van der Waals surface area contributed by atoms with Crippen LogP contribution in [0.3, 0.4) is 0 Å². The van der Waals surface area contributed by atoms with Crippen molar-refractivity contribution in [3.63, 3.8) is 0 Å². The van der Waals surface area contributed by atoms with Gasteiger partial charge in [0.15, 0.2) is 0 Å². The maximum atomic E-state index is 5.96. The normalized spacial score (nSPS) is 10.3. The van der Waals surface area contributed by atoms with Gasteiger partial charge in [-0.2, -0.15) is 0 Å². The fourth-order valence-electron chi connectivity index (χ4n) is 1.30. The van der Waals surface area contributed by atoms with Gasteiger partial charge < -0.3 is 0 Å². The minimum Gasteiger partial charge on any atom is -0.245 e. The predicted octanol–water partition coefficient (Wildman–Crippen LogP) is 4.82. The summed E-state index contributed by atoms with van der Waals surface area (Å²) in [5.41, 5.74) is 2.01. The fourth-order valence-corrected chi connectivity index (χ4v) is 2.34. The van der Waals surface area contributed by atoms with E-state index in [1.807, 2.05) is 24.3 Å². The molecule has 4 heteroatoms. The molecule has 1 nitrogen and oxygen atoms in total. The first-order chi connectivity index (χ1) is 7.15. The number of hydrogen-bond acceptors (Lipinski definition) is 1. The van der Waals surface area contributed by atoms with Crippen molar-refractivity contribution in [3.05, 3.63) is 51.2 Å². The quantitative estimate of drug-likeness (QED) is 0.688. The highest BCUT2D eigenvalue weighted by Crippen LogP contribution is 2.28. The van der Waals surface area contributed by atoms with Crippen molar-refractivity contribution in [3.8, 4) is 11.1 Å². The van der Waals surface area contributed by atoms with E-state index in [4.69, 9.17) is 23.2 Å². The molecule has 0 aliphatic heterocycles. The Morgan fingerprint density at radius 1 is 1.00 bits per heavy atom. The van der Waals surface area contributed by atoms with E-state index >= 15 is 0 Å². The number of nitrogens with zero attached hydrogens (tertiary/aromatic N) is 1. The summed E-state index contributed by atoms with van der Waals surface area (Å²) in [7, 11) is 0. The first kappa shape index (κ1) is 10.9. The van der Waals surface area contributed by atoms with Gasteiger partial charge in [0.1, 0.15) is 5.15 Å². The number of pyridine rings is 1. The Kier molecular flexibility index (Phi) is 3.29. The van der Waals surface area contributed by atoms with Crippen LogP contribution in [0.2, 0.25) is 10.2 Å². The van der Waals surface area contributed by atoms with Crippen molar-refractivity contribution in [2.75, 3.05) is 0 Å². The Morgan fingerprint density at radius 3 is 2.47 bits per heavy atom. The molecule has 0 saturated carbocycles. The highest BCUT2D eigenvalue weighted by Gasteiger charge is 2.01. The van der Waals surface area contributed by atoms with Crippen LogP contribution < -0.4 is 0 Å². The van der Waals surface area contributed by atoms with Crippen LogP contribution in [0.4, 0.5) is 0 Å². The van der Waals surface area contributed by atoms with E-state index in [0.717, 1.165) is 15.6 Å². The van der Waals surface area contributed by atoms with Gasteiger partial charge >= 0.3 is 0 Å². The molecule has 1 aromatic heterocycles. The van der Waals surface area contributed by atoms with Crippen molar-refractivity contribution in [2.24, 2.45) is 0 Å². The molecule has 15 heavy (non-hydrogen) atoms. The molecule has 1 aromatic carbocycles. The van der Waals surface area contributed by atoms with Crippen molar-refractivity contribution < 1.29 is 0 Å². The highest BCUT2D eigenvalue weighted by molar-refractivity contribution is 9.10. The molecule has 2 aromatic rings. The third kappa shape index (κ3) is 2.71. The van der Waals surface area contributed by atoms with E-state index in [9.17, 15) is 0 Å². The summed E-state index contributed by atoms with van der Waals surface area (Å²) in [4.78, 5) is 3.93. The summed E-state index contributed by atoms with van der Waals surface area (Å²) < 4.78 is 0.943. The molecule has 2 rings (SSSR count). The molecule has 0 amide bonds. The molecular weight excluding hydrogens is 297 g/mol. The van der Waals surface area contributed by atoms with Gasteiger partial charge in [0.25, 0.3) is 0 Å². The Morgan fingerprint density at radius 2 is 1.80 bits per heavy atom. The van der Waals surface area contributed by atoms with E-state index in [0.29, 0.717) is 10.2 Å². The van der Waals surface area contributed by atoms with Crippen LogP contribution in [-0.4, -0.2) is 4.98 Å². The molecule has 0 aliphatic carbocycles. The second-order valence-corrected chi connectivity index (χ2v) is 4.76. The van der Waals surface area contributed by atoms with E-state index in [1.54, 1.807) is 12.3 Å². The van der Waals surface area contributed by atoms with E-state index in [1.165, 1.54) is 0 Å². The lowest BCUT2D eigenvalue weighted by atomic mass is 10.1. The third-order valence-corrected chi connectivity index (χ3v) is 2.81. The molecule has 0 unspecified atom stereocenters.